The second-order valence-electron chi connectivity index (χ2n) is 7.95. The fourth-order valence-corrected chi connectivity index (χ4v) is 4.12. The highest BCUT2D eigenvalue weighted by molar-refractivity contribution is 5.98. The topological polar surface area (TPSA) is 123 Å². The summed E-state index contributed by atoms with van der Waals surface area (Å²) in [5.41, 5.74) is 1.27. The highest BCUT2D eigenvalue weighted by Crippen LogP contribution is 2.43. The quantitative estimate of drug-likeness (QED) is 0.490. The average molecular weight is 467 g/mol. The molecule has 0 radical (unpaired) electrons. The number of benzene rings is 2. The van der Waals surface area contributed by atoms with Gasteiger partial charge in [-0.15, -0.1) is 0 Å². The highest BCUT2D eigenvalue weighted by Gasteiger charge is 2.50. The van der Waals surface area contributed by atoms with Crippen LogP contribution in [0, 0.1) is 0 Å². The van der Waals surface area contributed by atoms with Gasteiger partial charge in [0, 0.05) is 18.3 Å². The molecule has 1 heterocycles. The molecule has 1 spiro atoms. The lowest BCUT2D eigenvalue weighted by molar-refractivity contribution is -0.162. The van der Waals surface area contributed by atoms with Gasteiger partial charge < -0.3 is 29.7 Å². The van der Waals surface area contributed by atoms with E-state index < -0.39 is 24.1 Å². The number of carbonyl (C=O) groups is 4. The van der Waals surface area contributed by atoms with Crippen molar-refractivity contribution in [3.8, 4) is 0 Å². The van der Waals surface area contributed by atoms with Gasteiger partial charge in [-0.25, -0.2) is 4.79 Å². The second kappa shape index (κ2) is 10.0. The first-order valence-corrected chi connectivity index (χ1v) is 10.8. The number of amides is 3. The molecule has 0 bridgehead atoms. The third kappa shape index (κ3) is 4.78. The molecule has 10 heteroatoms. The fourth-order valence-electron chi connectivity index (χ4n) is 4.12. The number of rotatable bonds is 6. The van der Waals surface area contributed by atoms with Gasteiger partial charge in [-0.1, -0.05) is 36.4 Å². The molecule has 2 aromatic rings. The van der Waals surface area contributed by atoms with Gasteiger partial charge >= 0.3 is 12.0 Å². The van der Waals surface area contributed by atoms with Crippen LogP contribution in [0.1, 0.15) is 27.9 Å². The van der Waals surface area contributed by atoms with E-state index in [0.717, 1.165) is 5.56 Å². The number of anilines is 1. The van der Waals surface area contributed by atoms with Gasteiger partial charge in [-0.3, -0.25) is 14.4 Å². The first-order chi connectivity index (χ1) is 16.4. The molecule has 1 fully saturated rings. The standard InChI is InChI=1S/C24H25N3O7/c1-25-23(31)26-18-7-8-19-17(11-18)9-10-24(19)22(30)27(14-32-15-34-24)12-21(29)33-13-20(28)16-5-3-2-4-6-16/h2-8,11H,9-10,12-15H2,1H3,(H2,25,26,31)/t24-/m1/s1. The molecule has 4 rings (SSSR count). The maximum atomic E-state index is 13.5. The Balaban J connectivity index is 1.44. The van der Waals surface area contributed by atoms with Gasteiger partial charge in [-0.05, 0) is 36.1 Å². The molecule has 1 saturated heterocycles. The minimum atomic E-state index is -1.29. The van der Waals surface area contributed by atoms with E-state index in [-0.39, 0.29) is 31.9 Å². The van der Waals surface area contributed by atoms with Crippen molar-refractivity contribution in [1.29, 1.82) is 0 Å². The SMILES string of the molecule is CNC(=O)Nc1ccc2c(c1)CC[C@@]21OCOCN(CC(=O)OCC(=O)c2ccccc2)C1=O. The number of ketones is 1. The van der Waals surface area contributed by atoms with Crippen LogP contribution in [0.15, 0.2) is 48.5 Å². The van der Waals surface area contributed by atoms with E-state index in [9.17, 15) is 19.2 Å². The van der Waals surface area contributed by atoms with Crippen molar-refractivity contribution in [3.05, 3.63) is 65.2 Å². The number of hydrogen-bond acceptors (Lipinski definition) is 7. The second-order valence-corrected chi connectivity index (χ2v) is 7.95. The third-order valence-corrected chi connectivity index (χ3v) is 5.82. The Bertz CT molecular complexity index is 1110. The molecule has 1 aliphatic carbocycles. The number of aryl methyl sites for hydroxylation is 1. The molecule has 0 unspecified atom stereocenters. The Morgan fingerprint density at radius 1 is 1.15 bits per heavy atom. The predicted octanol–water partition coefficient (Wildman–Crippen LogP) is 1.80. The number of Topliss-reactive ketones (excluding diaryl/α,β-unsaturated/α-hetero) is 1. The van der Waals surface area contributed by atoms with Crippen molar-refractivity contribution in [2.45, 2.75) is 18.4 Å². The Labute approximate surface area is 196 Å². The van der Waals surface area contributed by atoms with Crippen LogP contribution >= 0.6 is 0 Å². The van der Waals surface area contributed by atoms with Gasteiger partial charge in [0.2, 0.25) is 0 Å². The van der Waals surface area contributed by atoms with Crippen molar-refractivity contribution < 1.29 is 33.4 Å². The largest absolute Gasteiger partial charge is 0.456 e. The maximum absolute atomic E-state index is 13.5. The van der Waals surface area contributed by atoms with E-state index in [0.29, 0.717) is 29.7 Å². The molecule has 0 aromatic heterocycles. The van der Waals surface area contributed by atoms with Crippen molar-refractivity contribution in [3.63, 3.8) is 0 Å². The van der Waals surface area contributed by atoms with Gasteiger partial charge in [0.1, 0.15) is 13.3 Å². The molecule has 2 aliphatic rings. The fraction of sp³-hybridized carbons (Fsp3) is 0.333. The van der Waals surface area contributed by atoms with E-state index in [1.54, 1.807) is 48.5 Å². The predicted molar refractivity (Wildman–Crippen MR) is 120 cm³/mol. The first kappa shape index (κ1) is 23.4. The van der Waals surface area contributed by atoms with E-state index in [1.807, 2.05) is 0 Å². The number of ether oxygens (including phenoxy) is 3. The van der Waals surface area contributed by atoms with E-state index in [1.165, 1.54) is 11.9 Å². The molecule has 1 aliphatic heterocycles. The van der Waals surface area contributed by atoms with Crippen LogP contribution in [0.2, 0.25) is 0 Å². The summed E-state index contributed by atoms with van der Waals surface area (Å²) in [5, 5.41) is 5.19. The van der Waals surface area contributed by atoms with Crippen LogP contribution in [0.5, 0.6) is 0 Å². The van der Waals surface area contributed by atoms with Crippen LogP contribution in [-0.2, 0) is 35.8 Å². The molecule has 178 valence electrons. The summed E-state index contributed by atoms with van der Waals surface area (Å²) in [7, 11) is 1.52. The number of carbonyl (C=O) groups excluding carboxylic acids is 4. The molecular formula is C24H25N3O7. The maximum Gasteiger partial charge on any atom is 0.326 e. The van der Waals surface area contributed by atoms with E-state index in [4.69, 9.17) is 14.2 Å². The first-order valence-electron chi connectivity index (χ1n) is 10.8. The van der Waals surface area contributed by atoms with Crippen molar-refractivity contribution >= 4 is 29.4 Å². The van der Waals surface area contributed by atoms with Crippen LogP contribution in [-0.4, -0.2) is 62.3 Å². The van der Waals surface area contributed by atoms with E-state index in [2.05, 4.69) is 10.6 Å². The zero-order valence-electron chi connectivity index (χ0n) is 18.7. The Hall–Kier alpha value is -3.76. The molecule has 2 N–H and O–H groups in total. The number of nitrogens with zero attached hydrogens (tertiary/aromatic N) is 1. The monoisotopic (exact) mass is 467 g/mol. The van der Waals surface area contributed by atoms with Crippen molar-refractivity contribution in [1.82, 2.24) is 10.2 Å². The number of esters is 1. The summed E-state index contributed by atoms with van der Waals surface area (Å²) in [5.74, 6) is -1.47. The zero-order chi connectivity index (χ0) is 24.1. The Morgan fingerprint density at radius 3 is 2.71 bits per heavy atom. The van der Waals surface area contributed by atoms with Crippen LogP contribution in [0.3, 0.4) is 0 Å². The van der Waals surface area contributed by atoms with Crippen molar-refractivity contribution in [2.24, 2.45) is 0 Å². The van der Waals surface area contributed by atoms with Crippen LogP contribution in [0.4, 0.5) is 10.5 Å². The molecule has 10 nitrogen and oxygen atoms in total. The van der Waals surface area contributed by atoms with E-state index >= 15 is 0 Å². The smallest absolute Gasteiger partial charge is 0.326 e. The molecular weight excluding hydrogens is 442 g/mol. The lowest BCUT2D eigenvalue weighted by Gasteiger charge is -2.30. The number of fused-ring (bicyclic) bond motifs is 2. The minimum Gasteiger partial charge on any atom is -0.456 e. The summed E-state index contributed by atoms with van der Waals surface area (Å²) in [6.45, 7) is -1.07. The molecule has 3 amide bonds. The average Bonchev–Trinajstić information content (AvgIpc) is 3.15. The van der Waals surface area contributed by atoms with Gasteiger partial charge in [0.25, 0.3) is 5.91 Å². The van der Waals surface area contributed by atoms with Crippen LogP contribution in [0.25, 0.3) is 0 Å². The lowest BCUT2D eigenvalue weighted by Crippen LogP contribution is -2.47. The zero-order valence-corrected chi connectivity index (χ0v) is 18.7. The Morgan fingerprint density at radius 2 is 1.94 bits per heavy atom. The number of urea groups is 1. The lowest BCUT2D eigenvalue weighted by atomic mass is 9.93. The summed E-state index contributed by atoms with van der Waals surface area (Å²) >= 11 is 0. The highest BCUT2D eigenvalue weighted by atomic mass is 16.7. The third-order valence-electron chi connectivity index (χ3n) is 5.82. The molecule has 34 heavy (non-hydrogen) atoms. The summed E-state index contributed by atoms with van der Waals surface area (Å²) < 4.78 is 16.4. The Kier molecular flexibility index (Phi) is 6.90. The molecule has 0 saturated carbocycles. The number of nitrogens with one attached hydrogen (secondary N) is 2. The van der Waals surface area contributed by atoms with Gasteiger partial charge in [-0.2, -0.15) is 0 Å². The summed E-state index contributed by atoms with van der Waals surface area (Å²) in [4.78, 5) is 50.9. The molecule has 2 aromatic carbocycles. The minimum absolute atomic E-state index is 0.124. The molecule has 1 atom stereocenters. The summed E-state index contributed by atoms with van der Waals surface area (Å²) in [6.07, 6.45) is 0.917. The van der Waals surface area contributed by atoms with Crippen molar-refractivity contribution in [2.75, 3.05) is 39.0 Å². The summed E-state index contributed by atoms with van der Waals surface area (Å²) in [6, 6.07) is 13.4. The van der Waals surface area contributed by atoms with Gasteiger partial charge in [0.15, 0.2) is 24.8 Å². The van der Waals surface area contributed by atoms with Crippen LogP contribution < -0.4 is 10.6 Å². The number of hydrogen-bond donors (Lipinski definition) is 2. The van der Waals surface area contributed by atoms with Gasteiger partial charge in [0.05, 0.1) is 0 Å². The normalized spacial score (nSPS) is 19.3.